The lowest BCUT2D eigenvalue weighted by molar-refractivity contribution is 0.426. The molecule has 1 N–H and O–H groups in total. The van der Waals surface area contributed by atoms with Crippen LogP contribution in [0.3, 0.4) is 0 Å². The van der Waals surface area contributed by atoms with Gasteiger partial charge in [0.15, 0.2) is 19.7 Å². The van der Waals surface area contributed by atoms with E-state index in [-0.39, 0.29) is 21.1 Å². The zero-order valence-electron chi connectivity index (χ0n) is 12.9. The van der Waals surface area contributed by atoms with E-state index in [1.807, 2.05) is 20.8 Å². The Morgan fingerprint density at radius 3 is 1.86 bits per heavy atom. The molecule has 0 amide bonds. The topological polar surface area (TPSA) is 80.3 Å². The fourth-order valence-electron chi connectivity index (χ4n) is 1.74. The molecule has 0 aliphatic rings. The molecule has 0 atom stereocenters. The van der Waals surface area contributed by atoms with Gasteiger partial charge in [-0.1, -0.05) is 0 Å². The quantitative estimate of drug-likeness (QED) is 0.801. The van der Waals surface area contributed by atoms with E-state index in [4.69, 9.17) is 0 Å². The Kier molecular flexibility index (Phi) is 5.57. The Labute approximate surface area is 127 Å². The van der Waals surface area contributed by atoms with Gasteiger partial charge in [0.25, 0.3) is 0 Å². The van der Waals surface area contributed by atoms with Crippen LogP contribution in [-0.2, 0) is 19.7 Å². The van der Waals surface area contributed by atoms with Crippen molar-refractivity contribution in [2.75, 3.05) is 18.6 Å². The van der Waals surface area contributed by atoms with Crippen molar-refractivity contribution in [1.82, 2.24) is 5.32 Å². The number of benzene rings is 1. The first-order valence-corrected chi connectivity index (χ1v) is 10.2. The Balaban J connectivity index is 2.71. The average molecular weight is 333 g/mol. The molecule has 1 rings (SSSR count). The van der Waals surface area contributed by atoms with Crippen LogP contribution in [0.25, 0.3) is 0 Å². The third-order valence-corrected chi connectivity index (χ3v) is 5.80. The SMILES string of the molecule is CC(C)(C)NCCCS(=O)(=O)c1ccc(S(C)(=O)=O)cc1. The predicted octanol–water partition coefficient (Wildman–Crippen LogP) is 1.64. The molecule has 0 heterocycles. The number of hydrogen-bond acceptors (Lipinski definition) is 5. The van der Waals surface area contributed by atoms with Crippen molar-refractivity contribution in [3.63, 3.8) is 0 Å². The maximum atomic E-state index is 12.1. The molecular weight excluding hydrogens is 310 g/mol. The van der Waals surface area contributed by atoms with Crippen molar-refractivity contribution in [2.24, 2.45) is 0 Å². The number of hydrogen-bond donors (Lipinski definition) is 1. The normalized spacial score (nSPS) is 13.3. The van der Waals surface area contributed by atoms with Crippen LogP contribution in [0.2, 0.25) is 0 Å². The van der Waals surface area contributed by atoms with Crippen molar-refractivity contribution in [1.29, 1.82) is 0 Å². The molecule has 7 heteroatoms. The maximum absolute atomic E-state index is 12.1. The van der Waals surface area contributed by atoms with Gasteiger partial charge in [0.2, 0.25) is 0 Å². The summed E-state index contributed by atoms with van der Waals surface area (Å²) in [5, 5.41) is 3.23. The molecule has 0 aliphatic carbocycles. The minimum Gasteiger partial charge on any atom is -0.312 e. The van der Waals surface area contributed by atoms with E-state index in [0.29, 0.717) is 13.0 Å². The van der Waals surface area contributed by atoms with Crippen molar-refractivity contribution in [2.45, 2.75) is 42.5 Å². The van der Waals surface area contributed by atoms with Gasteiger partial charge in [-0.15, -0.1) is 0 Å². The molecule has 1 aromatic carbocycles. The summed E-state index contributed by atoms with van der Waals surface area (Å²) >= 11 is 0. The van der Waals surface area contributed by atoms with E-state index in [1.165, 1.54) is 24.3 Å². The summed E-state index contributed by atoms with van der Waals surface area (Å²) in [6.07, 6.45) is 1.60. The predicted molar refractivity (Wildman–Crippen MR) is 84.0 cm³/mol. The fraction of sp³-hybridized carbons (Fsp3) is 0.571. The minimum absolute atomic E-state index is 0.0360. The molecule has 120 valence electrons. The molecule has 0 fully saturated rings. The largest absolute Gasteiger partial charge is 0.312 e. The van der Waals surface area contributed by atoms with Crippen molar-refractivity contribution in [3.8, 4) is 0 Å². The number of sulfone groups is 2. The monoisotopic (exact) mass is 333 g/mol. The highest BCUT2D eigenvalue weighted by Gasteiger charge is 2.16. The van der Waals surface area contributed by atoms with Crippen LogP contribution in [0.4, 0.5) is 0 Å². The smallest absolute Gasteiger partial charge is 0.178 e. The summed E-state index contributed by atoms with van der Waals surface area (Å²) in [4.78, 5) is 0.279. The van der Waals surface area contributed by atoms with Crippen LogP contribution >= 0.6 is 0 Å². The molecule has 0 saturated heterocycles. The highest BCUT2D eigenvalue weighted by Crippen LogP contribution is 2.16. The van der Waals surface area contributed by atoms with E-state index in [0.717, 1.165) is 6.26 Å². The van der Waals surface area contributed by atoms with E-state index in [1.54, 1.807) is 0 Å². The van der Waals surface area contributed by atoms with Gasteiger partial charge in [0.05, 0.1) is 15.5 Å². The van der Waals surface area contributed by atoms with Gasteiger partial charge >= 0.3 is 0 Å². The molecule has 0 radical (unpaired) electrons. The Morgan fingerprint density at radius 2 is 1.43 bits per heavy atom. The summed E-state index contributed by atoms with van der Waals surface area (Å²) in [6.45, 7) is 6.67. The molecule has 1 aromatic rings. The second-order valence-corrected chi connectivity index (χ2v) is 10.2. The standard InChI is InChI=1S/C14H23NO4S2/c1-14(2,3)15-10-5-11-21(18,19)13-8-6-12(7-9-13)20(4,16)17/h6-9,15H,5,10-11H2,1-4H3. The molecule has 0 aromatic heterocycles. The first-order chi connectivity index (χ1) is 9.42. The molecule has 0 saturated carbocycles. The molecule has 0 spiro atoms. The lowest BCUT2D eigenvalue weighted by Gasteiger charge is -2.20. The molecule has 0 bridgehead atoms. The molecule has 5 nitrogen and oxygen atoms in total. The third kappa shape index (κ3) is 6.15. The van der Waals surface area contributed by atoms with Crippen molar-refractivity contribution < 1.29 is 16.8 Å². The number of nitrogens with one attached hydrogen (secondary N) is 1. The summed E-state index contributed by atoms with van der Waals surface area (Å²) in [6, 6.07) is 5.36. The van der Waals surface area contributed by atoms with Crippen LogP contribution in [-0.4, -0.2) is 40.9 Å². The lowest BCUT2D eigenvalue weighted by Crippen LogP contribution is -2.36. The lowest BCUT2D eigenvalue weighted by atomic mass is 10.1. The van der Waals surface area contributed by atoms with Gasteiger partial charge < -0.3 is 5.32 Å². The minimum atomic E-state index is -3.38. The summed E-state index contributed by atoms with van der Waals surface area (Å²) in [5.41, 5.74) is -0.0408. The zero-order valence-corrected chi connectivity index (χ0v) is 14.5. The van der Waals surface area contributed by atoms with Gasteiger partial charge in [-0.05, 0) is 58.0 Å². The van der Waals surface area contributed by atoms with E-state index < -0.39 is 19.7 Å². The average Bonchev–Trinajstić information content (AvgIpc) is 2.33. The molecule has 0 unspecified atom stereocenters. The highest BCUT2D eigenvalue weighted by molar-refractivity contribution is 7.91. The summed E-state index contributed by atoms with van der Waals surface area (Å²) in [5.74, 6) is 0.0360. The van der Waals surface area contributed by atoms with E-state index in [2.05, 4.69) is 5.32 Å². The molecule has 0 aliphatic heterocycles. The second kappa shape index (κ2) is 6.46. The van der Waals surface area contributed by atoms with Crippen LogP contribution in [0.5, 0.6) is 0 Å². The highest BCUT2D eigenvalue weighted by atomic mass is 32.2. The van der Waals surface area contributed by atoms with Crippen LogP contribution in [0.1, 0.15) is 27.2 Å². The second-order valence-electron chi connectivity index (χ2n) is 6.09. The van der Waals surface area contributed by atoms with Gasteiger partial charge in [0.1, 0.15) is 0 Å². The van der Waals surface area contributed by atoms with E-state index >= 15 is 0 Å². The molecule has 21 heavy (non-hydrogen) atoms. The Bertz CT molecular complexity index is 669. The van der Waals surface area contributed by atoms with Gasteiger partial charge in [0, 0.05) is 11.8 Å². The fourth-order valence-corrected chi connectivity index (χ4v) is 3.68. The van der Waals surface area contributed by atoms with Gasteiger partial charge in [-0.2, -0.15) is 0 Å². The van der Waals surface area contributed by atoms with Gasteiger partial charge in [-0.3, -0.25) is 0 Å². The first kappa shape index (κ1) is 18.1. The van der Waals surface area contributed by atoms with Crippen LogP contribution in [0.15, 0.2) is 34.1 Å². The Morgan fingerprint density at radius 1 is 0.952 bits per heavy atom. The van der Waals surface area contributed by atoms with E-state index in [9.17, 15) is 16.8 Å². The van der Waals surface area contributed by atoms with Gasteiger partial charge in [-0.25, -0.2) is 16.8 Å². The summed E-state index contributed by atoms with van der Waals surface area (Å²) < 4.78 is 47.0. The third-order valence-electron chi connectivity index (χ3n) is 2.86. The molecular formula is C14H23NO4S2. The van der Waals surface area contributed by atoms with Crippen LogP contribution in [0, 0.1) is 0 Å². The van der Waals surface area contributed by atoms with Crippen molar-refractivity contribution >= 4 is 19.7 Å². The summed E-state index contributed by atoms with van der Waals surface area (Å²) in [7, 11) is -6.68. The number of rotatable bonds is 6. The van der Waals surface area contributed by atoms with Crippen molar-refractivity contribution in [3.05, 3.63) is 24.3 Å². The Hall–Kier alpha value is -0.920. The maximum Gasteiger partial charge on any atom is 0.178 e. The first-order valence-electron chi connectivity index (χ1n) is 6.70. The zero-order chi connectivity index (χ0) is 16.3. The van der Waals surface area contributed by atoms with Crippen LogP contribution < -0.4 is 5.32 Å².